The van der Waals surface area contributed by atoms with Crippen LogP contribution in [0.25, 0.3) is 11.4 Å². The molecule has 2 aliphatic rings. The molecule has 46 heavy (non-hydrogen) atoms. The van der Waals surface area contributed by atoms with Gasteiger partial charge in [0.2, 0.25) is 0 Å². The van der Waals surface area contributed by atoms with Gasteiger partial charge in [0.05, 0.1) is 43.6 Å². The van der Waals surface area contributed by atoms with Gasteiger partial charge in [0.1, 0.15) is 35.8 Å². The first kappa shape index (κ1) is 30.9. The number of rotatable bonds is 10. The maximum Gasteiger partial charge on any atom is 0.186 e. The number of ether oxygens (including phenoxy) is 6. The Balaban J connectivity index is 1.12. The second kappa shape index (κ2) is 14.0. The topological polar surface area (TPSA) is 117 Å². The quantitative estimate of drug-likeness (QED) is 0.199. The molecular weight excluding hydrogens is 635 g/mol. The van der Waals surface area contributed by atoms with Crippen LogP contribution < -0.4 is 0 Å². The van der Waals surface area contributed by atoms with Crippen LogP contribution >= 0.6 is 23.2 Å². The molecule has 2 saturated heterocycles. The molecule has 0 amide bonds. The highest BCUT2D eigenvalue weighted by atomic mass is 35.5. The molecule has 0 aliphatic carbocycles. The zero-order chi connectivity index (χ0) is 31.5. The van der Waals surface area contributed by atoms with Crippen LogP contribution in [0.15, 0.2) is 91.3 Å². The summed E-state index contributed by atoms with van der Waals surface area (Å²) in [7, 11) is 1.56. The monoisotopic (exact) mass is 664 g/mol. The van der Waals surface area contributed by atoms with Gasteiger partial charge in [0.15, 0.2) is 12.6 Å². The lowest BCUT2D eigenvalue weighted by Gasteiger charge is -2.48. The van der Waals surface area contributed by atoms with E-state index in [4.69, 9.17) is 51.6 Å². The maximum absolute atomic E-state index is 6.55. The number of hydrogen-bond acceptors (Lipinski definition) is 10. The third kappa shape index (κ3) is 6.85. The molecule has 14 heteroatoms. The lowest BCUT2D eigenvalue weighted by Crippen LogP contribution is -2.63. The molecule has 2 aliphatic heterocycles. The molecule has 7 rings (SSSR count). The molecule has 12 nitrogen and oxygen atoms in total. The zero-order valence-corrected chi connectivity index (χ0v) is 26.1. The Morgan fingerprint density at radius 3 is 1.87 bits per heavy atom. The molecule has 0 spiro atoms. The maximum atomic E-state index is 6.55. The van der Waals surface area contributed by atoms with Crippen molar-refractivity contribution in [3.8, 4) is 11.4 Å². The van der Waals surface area contributed by atoms with Crippen molar-refractivity contribution in [2.24, 2.45) is 0 Å². The van der Waals surface area contributed by atoms with E-state index in [1.165, 1.54) is 0 Å². The van der Waals surface area contributed by atoms with Crippen molar-refractivity contribution in [1.29, 1.82) is 0 Å². The van der Waals surface area contributed by atoms with E-state index in [0.29, 0.717) is 21.4 Å². The Morgan fingerprint density at radius 2 is 1.30 bits per heavy atom. The molecule has 2 aromatic heterocycles. The minimum atomic E-state index is -0.775. The number of nitrogens with zero attached hydrogens (tertiary/aromatic N) is 6. The fourth-order valence-electron chi connectivity index (χ4n) is 5.41. The Morgan fingerprint density at radius 1 is 0.739 bits per heavy atom. The highest BCUT2D eigenvalue weighted by Crippen LogP contribution is 2.37. The molecule has 5 aromatic rings. The van der Waals surface area contributed by atoms with Crippen LogP contribution in [0.1, 0.15) is 23.2 Å². The largest absolute Gasteiger partial charge is 0.366 e. The molecule has 238 valence electrons. The van der Waals surface area contributed by atoms with E-state index < -0.39 is 37.0 Å². The van der Waals surface area contributed by atoms with Crippen LogP contribution in [-0.4, -0.2) is 74.4 Å². The fraction of sp³-hybridized carbons (Fsp3) is 0.312. The molecule has 0 radical (unpaired) electrons. The molecule has 4 heterocycles. The van der Waals surface area contributed by atoms with Gasteiger partial charge in [0, 0.05) is 22.7 Å². The summed E-state index contributed by atoms with van der Waals surface area (Å²) in [5.41, 5.74) is 3.74. The van der Waals surface area contributed by atoms with Gasteiger partial charge in [0.25, 0.3) is 0 Å². The lowest BCUT2D eigenvalue weighted by molar-refractivity contribution is -0.369. The summed E-state index contributed by atoms with van der Waals surface area (Å²) in [6.07, 6.45) is -0.144. The average Bonchev–Trinajstić information content (AvgIpc) is 3.77. The second-order valence-corrected chi connectivity index (χ2v) is 11.6. The molecule has 0 unspecified atom stereocenters. The summed E-state index contributed by atoms with van der Waals surface area (Å²) >= 11 is 12.1. The number of methoxy groups -OCH3 is 1. The van der Waals surface area contributed by atoms with Crippen LogP contribution in [0, 0.1) is 0 Å². The SMILES string of the molecule is CO[C@H]1O[C@@H]2CO[C@@H](c3ccccc3)O[C@H]2[C@H](OCc2cn(-c3ccc(Cl)cc3)nn2)[C@H]1OCc1cn(-c2ccc(Cl)cc2)nn1. The predicted molar refractivity (Wildman–Crippen MR) is 166 cm³/mol. The highest BCUT2D eigenvalue weighted by molar-refractivity contribution is 6.30. The minimum Gasteiger partial charge on any atom is -0.366 e. The van der Waals surface area contributed by atoms with Crippen molar-refractivity contribution in [3.05, 3.63) is 118 Å². The summed E-state index contributed by atoms with van der Waals surface area (Å²) < 4.78 is 40.9. The number of fused-ring (bicyclic) bond motifs is 1. The first-order valence-electron chi connectivity index (χ1n) is 14.6. The summed E-state index contributed by atoms with van der Waals surface area (Å²) in [5.74, 6) is 0. The Labute approximate surface area is 274 Å². The predicted octanol–water partition coefficient (Wildman–Crippen LogP) is 5.11. The van der Waals surface area contributed by atoms with Gasteiger partial charge in [-0.25, -0.2) is 9.36 Å². The van der Waals surface area contributed by atoms with Gasteiger partial charge in [-0.3, -0.25) is 0 Å². The first-order valence-corrected chi connectivity index (χ1v) is 15.4. The van der Waals surface area contributed by atoms with Crippen LogP contribution in [0.2, 0.25) is 10.0 Å². The van der Waals surface area contributed by atoms with Gasteiger partial charge in [-0.2, -0.15) is 0 Å². The third-order valence-corrected chi connectivity index (χ3v) is 8.20. The van der Waals surface area contributed by atoms with Crippen molar-refractivity contribution in [2.75, 3.05) is 13.7 Å². The van der Waals surface area contributed by atoms with Crippen molar-refractivity contribution < 1.29 is 28.4 Å². The van der Waals surface area contributed by atoms with E-state index >= 15 is 0 Å². The first-order chi connectivity index (χ1) is 22.5. The Kier molecular flexibility index (Phi) is 9.38. The van der Waals surface area contributed by atoms with E-state index in [0.717, 1.165) is 16.9 Å². The van der Waals surface area contributed by atoms with Gasteiger partial charge >= 0.3 is 0 Å². The van der Waals surface area contributed by atoms with Gasteiger partial charge in [-0.05, 0) is 48.5 Å². The fourth-order valence-corrected chi connectivity index (χ4v) is 5.67. The molecule has 2 fully saturated rings. The third-order valence-electron chi connectivity index (χ3n) is 7.70. The summed E-state index contributed by atoms with van der Waals surface area (Å²) in [6.45, 7) is 0.521. The van der Waals surface area contributed by atoms with E-state index in [9.17, 15) is 0 Å². The molecule has 3 aromatic carbocycles. The van der Waals surface area contributed by atoms with Gasteiger partial charge in [-0.1, -0.05) is 64.0 Å². The van der Waals surface area contributed by atoms with E-state index in [-0.39, 0.29) is 19.8 Å². The van der Waals surface area contributed by atoms with Gasteiger partial charge < -0.3 is 28.4 Å². The van der Waals surface area contributed by atoms with Crippen molar-refractivity contribution in [2.45, 2.75) is 50.2 Å². The summed E-state index contributed by atoms with van der Waals surface area (Å²) in [5, 5.41) is 18.4. The Hall–Kier alpha value is -3.72. The van der Waals surface area contributed by atoms with Crippen LogP contribution in [0.5, 0.6) is 0 Å². The van der Waals surface area contributed by atoms with Crippen LogP contribution in [0.4, 0.5) is 0 Å². The number of halogens is 2. The van der Waals surface area contributed by atoms with Crippen LogP contribution in [0.3, 0.4) is 0 Å². The lowest BCUT2D eigenvalue weighted by atomic mass is 9.97. The summed E-state index contributed by atoms with van der Waals surface area (Å²) in [6, 6.07) is 24.3. The van der Waals surface area contributed by atoms with Crippen molar-refractivity contribution >= 4 is 23.2 Å². The number of hydrogen-bond donors (Lipinski definition) is 0. The highest BCUT2D eigenvalue weighted by Gasteiger charge is 2.51. The minimum absolute atomic E-state index is 0.115. The average molecular weight is 666 g/mol. The normalized spacial score (nSPS) is 24.5. The molecular formula is C32H30Cl2N6O6. The zero-order valence-electron chi connectivity index (χ0n) is 24.6. The van der Waals surface area contributed by atoms with Crippen molar-refractivity contribution in [1.82, 2.24) is 30.0 Å². The van der Waals surface area contributed by atoms with Gasteiger partial charge in [-0.15, -0.1) is 10.2 Å². The molecule has 0 bridgehead atoms. The van der Waals surface area contributed by atoms with E-state index in [1.807, 2.05) is 54.6 Å². The molecule has 6 atom stereocenters. The second-order valence-electron chi connectivity index (χ2n) is 10.8. The standard InChI is InChI=1S/C32H30Cl2N6O6/c1-41-32-30(43-18-24-16-40(38-36-24)26-13-9-22(34)10-14-26)29(28-27(45-32)19-44-31(46-28)20-5-3-2-4-6-20)42-17-23-15-39(37-35-23)25-11-7-21(33)8-12-25/h2-16,27-32H,17-19H2,1H3/t27-,28-,29+,30-,31-,32+/m1/s1. The van der Waals surface area contributed by atoms with E-state index in [2.05, 4.69) is 20.6 Å². The number of aromatic nitrogens is 6. The van der Waals surface area contributed by atoms with E-state index in [1.54, 1.807) is 53.1 Å². The molecule has 0 saturated carbocycles. The number of benzene rings is 3. The summed E-state index contributed by atoms with van der Waals surface area (Å²) in [4.78, 5) is 0. The smallest absolute Gasteiger partial charge is 0.186 e. The molecule has 0 N–H and O–H groups in total. The van der Waals surface area contributed by atoms with Crippen molar-refractivity contribution in [3.63, 3.8) is 0 Å². The Bertz CT molecular complexity index is 1720. The van der Waals surface area contributed by atoms with Crippen LogP contribution in [-0.2, 0) is 41.6 Å².